The first kappa shape index (κ1) is 28.9. The average molecular weight is 558 g/mol. The molecule has 2 aromatic carbocycles. The van der Waals surface area contributed by atoms with Gasteiger partial charge in [-0.1, -0.05) is 32.4 Å². The minimum Gasteiger partial charge on any atom is -0.495 e. The highest BCUT2D eigenvalue weighted by Gasteiger charge is 2.36. The Balaban J connectivity index is 1.78. The first-order valence-electron chi connectivity index (χ1n) is 13.7. The Morgan fingerprint density at radius 2 is 1.62 bits per heavy atom. The van der Waals surface area contributed by atoms with Crippen molar-refractivity contribution < 1.29 is 27.5 Å². The van der Waals surface area contributed by atoms with E-state index in [2.05, 4.69) is 0 Å². The van der Waals surface area contributed by atoms with E-state index in [1.165, 1.54) is 18.3 Å². The van der Waals surface area contributed by atoms with Crippen LogP contribution in [0, 0.1) is 0 Å². The smallest absolute Gasteiger partial charge is 0.414 e. The molecule has 1 atom stereocenters. The molecular weight excluding hydrogens is 518 g/mol. The van der Waals surface area contributed by atoms with Crippen molar-refractivity contribution in [1.29, 1.82) is 0 Å². The molecule has 9 nitrogen and oxygen atoms in total. The number of rotatable bonds is 7. The van der Waals surface area contributed by atoms with E-state index in [1.807, 2.05) is 25.1 Å². The van der Waals surface area contributed by atoms with E-state index in [4.69, 9.17) is 9.47 Å². The lowest BCUT2D eigenvalue weighted by atomic mass is 9.98. The molecule has 212 valence electrons. The van der Waals surface area contributed by atoms with Gasteiger partial charge in [0, 0.05) is 26.6 Å². The topological polar surface area (TPSA) is 96.5 Å². The third-order valence-electron chi connectivity index (χ3n) is 7.61. The van der Waals surface area contributed by atoms with Crippen molar-refractivity contribution in [2.24, 2.45) is 0 Å². The van der Waals surface area contributed by atoms with Crippen LogP contribution in [0.25, 0.3) is 11.1 Å². The highest BCUT2D eigenvalue weighted by Crippen LogP contribution is 2.41. The maximum atomic E-state index is 13.4. The number of carbonyl (C=O) groups excluding carboxylic acids is 2. The van der Waals surface area contributed by atoms with Crippen LogP contribution in [0.2, 0.25) is 0 Å². The van der Waals surface area contributed by atoms with E-state index < -0.39 is 16.1 Å². The number of fused-ring (bicyclic) bond motifs is 1. The summed E-state index contributed by atoms with van der Waals surface area (Å²) in [7, 11) is -2.34. The summed E-state index contributed by atoms with van der Waals surface area (Å²) in [5.41, 5.74) is 2.54. The molecule has 0 saturated heterocycles. The number of methoxy groups -OCH3 is 1. The van der Waals surface area contributed by atoms with Crippen LogP contribution in [-0.4, -0.2) is 63.6 Å². The summed E-state index contributed by atoms with van der Waals surface area (Å²) in [6.07, 6.45) is 4.44. The molecule has 2 amide bonds. The van der Waals surface area contributed by atoms with E-state index in [9.17, 15) is 18.0 Å². The number of ether oxygens (including phenoxy) is 2. The Morgan fingerprint density at radius 1 is 0.974 bits per heavy atom. The molecule has 4 rings (SSSR count). The molecule has 0 N–H and O–H groups in total. The standard InChI is InChI=1S/C29H39N3O6S/c1-6-30(7-2)39(35,36)28-18-23(14-16-27(28)37-5)22-13-15-25-26(17-22)31(19-20(3)32(25)21(4)33)29(34)38-24-11-9-8-10-12-24/h13-18,20,24H,6-12,19H2,1-5H3/t20-/m0/s1. The van der Waals surface area contributed by atoms with Crippen molar-refractivity contribution in [2.75, 3.05) is 36.5 Å². The van der Waals surface area contributed by atoms with Gasteiger partial charge in [-0.2, -0.15) is 4.31 Å². The van der Waals surface area contributed by atoms with Crippen LogP contribution in [0.3, 0.4) is 0 Å². The highest BCUT2D eigenvalue weighted by atomic mass is 32.2. The zero-order valence-corrected chi connectivity index (χ0v) is 24.3. The molecule has 0 radical (unpaired) electrons. The second kappa shape index (κ2) is 12.0. The minimum atomic E-state index is -3.79. The summed E-state index contributed by atoms with van der Waals surface area (Å²) >= 11 is 0. The van der Waals surface area contributed by atoms with Crippen LogP contribution in [0.4, 0.5) is 16.2 Å². The number of amides is 2. The predicted molar refractivity (Wildman–Crippen MR) is 152 cm³/mol. The molecule has 1 aliphatic heterocycles. The van der Waals surface area contributed by atoms with Gasteiger partial charge >= 0.3 is 6.09 Å². The van der Waals surface area contributed by atoms with E-state index in [1.54, 1.807) is 41.8 Å². The molecule has 39 heavy (non-hydrogen) atoms. The molecule has 1 saturated carbocycles. The average Bonchev–Trinajstić information content (AvgIpc) is 2.92. The maximum absolute atomic E-state index is 13.4. The van der Waals surface area contributed by atoms with Crippen LogP contribution in [0.15, 0.2) is 41.3 Å². The number of hydrogen-bond donors (Lipinski definition) is 0. The molecule has 0 unspecified atom stereocenters. The van der Waals surface area contributed by atoms with Crippen molar-refractivity contribution >= 4 is 33.4 Å². The minimum absolute atomic E-state index is 0.0801. The SMILES string of the molecule is CCN(CC)S(=O)(=O)c1cc(-c2ccc3c(c2)N(C(=O)OC2CCCCC2)C[C@H](C)N3C(C)=O)ccc1OC. The fourth-order valence-corrected chi connectivity index (χ4v) is 7.25. The lowest BCUT2D eigenvalue weighted by Crippen LogP contribution is -2.52. The van der Waals surface area contributed by atoms with Crippen molar-refractivity contribution in [3.05, 3.63) is 36.4 Å². The molecule has 10 heteroatoms. The van der Waals surface area contributed by atoms with E-state index in [-0.39, 0.29) is 28.7 Å². The monoisotopic (exact) mass is 557 g/mol. The molecule has 2 aliphatic rings. The zero-order chi connectivity index (χ0) is 28.3. The molecule has 1 heterocycles. The van der Waals surface area contributed by atoms with Crippen molar-refractivity contribution in [3.63, 3.8) is 0 Å². The fraction of sp³-hybridized carbons (Fsp3) is 0.517. The van der Waals surface area contributed by atoms with E-state index in [0.29, 0.717) is 42.1 Å². The van der Waals surface area contributed by atoms with Gasteiger partial charge in [0.25, 0.3) is 0 Å². The molecular formula is C29H39N3O6S. The van der Waals surface area contributed by atoms with Crippen molar-refractivity contribution in [2.45, 2.75) is 76.8 Å². The Morgan fingerprint density at radius 3 is 2.23 bits per heavy atom. The van der Waals surface area contributed by atoms with Crippen LogP contribution in [0.5, 0.6) is 5.75 Å². The zero-order valence-electron chi connectivity index (χ0n) is 23.5. The Hall–Kier alpha value is -3.11. The number of carbonyl (C=O) groups is 2. The Bertz CT molecular complexity index is 1320. The predicted octanol–water partition coefficient (Wildman–Crippen LogP) is 5.42. The summed E-state index contributed by atoms with van der Waals surface area (Å²) in [6, 6.07) is 10.3. The number of benzene rings is 2. The Kier molecular flexibility index (Phi) is 8.86. The summed E-state index contributed by atoms with van der Waals surface area (Å²) < 4.78 is 39.5. The van der Waals surface area contributed by atoms with Gasteiger partial charge in [-0.15, -0.1) is 0 Å². The third kappa shape index (κ3) is 5.77. The van der Waals surface area contributed by atoms with Gasteiger partial charge in [0.1, 0.15) is 16.7 Å². The number of nitrogens with zero attached hydrogens (tertiary/aromatic N) is 3. The van der Waals surface area contributed by atoms with E-state index >= 15 is 0 Å². The normalized spacial score (nSPS) is 18.2. The summed E-state index contributed by atoms with van der Waals surface area (Å²) in [4.78, 5) is 29.4. The quantitative estimate of drug-likeness (QED) is 0.451. The first-order chi connectivity index (χ1) is 18.6. The van der Waals surface area contributed by atoms with Gasteiger partial charge in [-0.05, 0) is 68.0 Å². The van der Waals surface area contributed by atoms with Gasteiger partial charge in [0.05, 0.1) is 24.5 Å². The number of sulfonamides is 1. The van der Waals surface area contributed by atoms with Crippen molar-refractivity contribution in [3.8, 4) is 16.9 Å². The molecule has 0 bridgehead atoms. The first-order valence-corrected chi connectivity index (χ1v) is 15.2. The summed E-state index contributed by atoms with van der Waals surface area (Å²) in [5, 5.41) is 0. The second-order valence-corrected chi connectivity index (χ2v) is 12.1. The molecule has 0 spiro atoms. The molecule has 2 aromatic rings. The lowest BCUT2D eigenvalue weighted by Gasteiger charge is -2.41. The molecule has 0 aromatic heterocycles. The van der Waals surface area contributed by atoms with Gasteiger partial charge in [-0.25, -0.2) is 13.2 Å². The third-order valence-corrected chi connectivity index (χ3v) is 9.68. The van der Waals surface area contributed by atoms with Crippen molar-refractivity contribution in [1.82, 2.24) is 4.31 Å². The van der Waals surface area contributed by atoms with Crippen LogP contribution < -0.4 is 14.5 Å². The van der Waals surface area contributed by atoms with Gasteiger partial charge in [0.2, 0.25) is 15.9 Å². The second-order valence-electron chi connectivity index (χ2n) is 10.2. The van der Waals surface area contributed by atoms with E-state index in [0.717, 1.165) is 32.1 Å². The molecule has 1 fully saturated rings. The summed E-state index contributed by atoms with van der Waals surface area (Å²) in [6.45, 7) is 7.98. The van der Waals surface area contributed by atoms with Crippen LogP contribution in [0.1, 0.15) is 59.8 Å². The largest absolute Gasteiger partial charge is 0.495 e. The maximum Gasteiger partial charge on any atom is 0.414 e. The van der Waals surface area contributed by atoms with Crippen LogP contribution >= 0.6 is 0 Å². The highest BCUT2D eigenvalue weighted by molar-refractivity contribution is 7.89. The molecule has 1 aliphatic carbocycles. The fourth-order valence-electron chi connectivity index (χ4n) is 5.61. The number of hydrogen-bond acceptors (Lipinski definition) is 6. The van der Waals surface area contributed by atoms with Gasteiger partial charge < -0.3 is 14.4 Å². The van der Waals surface area contributed by atoms with Gasteiger partial charge in [-0.3, -0.25) is 9.69 Å². The summed E-state index contributed by atoms with van der Waals surface area (Å²) in [5.74, 6) is 0.145. The Labute approximate surface area is 231 Å². The lowest BCUT2D eigenvalue weighted by molar-refractivity contribution is -0.117. The van der Waals surface area contributed by atoms with Crippen LogP contribution in [-0.2, 0) is 19.6 Å². The van der Waals surface area contributed by atoms with Gasteiger partial charge in [0.15, 0.2) is 0 Å². The number of anilines is 2.